The fourth-order valence-corrected chi connectivity index (χ4v) is 3.38. The minimum absolute atomic E-state index is 0.148. The van der Waals surface area contributed by atoms with Crippen molar-refractivity contribution < 1.29 is 20.1 Å². The Morgan fingerprint density at radius 3 is 2.62 bits per heavy atom. The predicted octanol–water partition coefficient (Wildman–Crippen LogP) is -0.0877. The fraction of sp³-hybridized carbons (Fsp3) is 0.611. The molecule has 134 valence electrons. The van der Waals surface area contributed by atoms with Gasteiger partial charge in [-0.1, -0.05) is 30.3 Å². The van der Waals surface area contributed by atoms with E-state index in [1.165, 1.54) is 5.56 Å². The molecule has 2 rings (SSSR count). The first kappa shape index (κ1) is 18.9. The summed E-state index contributed by atoms with van der Waals surface area (Å²) in [7, 11) is 0. The average Bonchev–Trinajstić information content (AvgIpc) is 2.59. The number of amides is 1. The van der Waals surface area contributed by atoms with Crippen LogP contribution >= 0.6 is 0 Å². The van der Waals surface area contributed by atoms with Crippen LogP contribution in [0.25, 0.3) is 0 Å². The van der Waals surface area contributed by atoms with Crippen molar-refractivity contribution in [1.29, 1.82) is 0 Å². The fourth-order valence-electron chi connectivity index (χ4n) is 3.38. The van der Waals surface area contributed by atoms with Gasteiger partial charge in [-0.25, -0.2) is 0 Å². The van der Waals surface area contributed by atoms with Gasteiger partial charge < -0.3 is 20.6 Å². The third kappa shape index (κ3) is 4.54. The number of carbonyl (C=O) groups is 1. The smallest absolute Gasteiger partial charge is 0.240 e. The lowest BCUT2D eigenvalue weighted by Gasteiger charge is -2.45. The molecule has 4 unspecified atom stereocenters. The molecule has 1 aliphatic heterocycles. The molecule has 1 saturated heterocycles. The molecule has 1 amide bonds. The monoisotopic (exact) mass is 336 g/mol. The number of nitrogens with one attached hydrogen (secondary N) is 1. The number of benzene rings is 1. The Kier molecular flexibility index (Phi) is 7.17. The maximum absolute atomic E-state index is 12.4. The molecule has 4 N–H and O–H groups in total. The van der Waals surface area contributed by atoms with Crippen molar-refractivity contribution >= 4 is 5.91 Å². The zero-order chi connectivity index (χ0) is 17.5. The number of rotatable bonds is 7. The third-order valence-electron chi connectivity index (χ3n) is 4.61. The number of likely N-dealkylation sites (N-methyl/N-ethyl adjacent to an activating group) is 1. The second-order valence-corrected chi connectivity index (χ2v) is 6.30. The van der Waals surface area contributed by atoms with Crippen LogP contribution in [0.2, 0.25) is 0 Å². The zero-order valence-electron chi connectivity index (χ0n) is 14.1. The maximum Gasteiger partial charge on any atom is 0.240 e. The Balaban J connectivity index is 2.06. The minimum atomic E-state index is -1.14. The molecular formula is C18H28N2O4. The summed E-state index contributed by atoms with van der Waals surface area (Å²) in [6.07, 6.45) is -0.217. The molecule has 1 aliphatic rings. The lowest BCUT2D eigenvalue weighted by Crippen LogP contribution is -2.65. The average molecular weight is 336 g/mol. The Labute approximate surface area is 143 Å². The van der Waals surface area contributed by atoms with Gasteiger partial charge in [-0.15, -0.1) is 0 Å². The van der Waals surface area contributed by atoms with E-state index in [2.05, 4.69) is 17.4 Å². The second kappa shape index (κ2) is 9.13. The number of hydrogen-bond acceptors (Lipinski definition) is 5. The number of likely N-dealkylation sites (tertiary alicyclic amines) is 1. The summed E-state index contributed by atoms with van der Waals surface area (Å²) < 4.78 is 0. The molecule has 24 heavy (non-hydrogen) atoms. The van der Waals surface area contributed by atoms with E-state index in [1.807, 2.05) is 30.0 Å². The lowest BCUT2D eigenvalue weighted by molar-refractivity contribution is -0.148. The summed E-state index contributed by atoms with van der Waals surface area (Å²) in [5.74, 6) is -0.304. The van der Waals surface area contributed by atoms with Crippen LogP contribution in [0.3, 0.4) is 0 Å². The summed E-state index contributed by atoms with van der Waals surface area (Å²) in [4.78, 5) is 14.2. The molecule has 0 aliphatic carbocycles. The van der Waals surface area contributed by atoms with Gasteiger partial charge in [-0.3, -0.25) is 9.69 Å². The van der Waals surface area contributed by atoms with E-state index in [-0.39, 0.29) is 25.0 Å². The van der Waals surface area contributed by atoms with Crippen LogP contribution in [-0.2, 0) is 11.2 Å². The van der Waals surface area contributed by atoms with Crippen LogP contribution in [-0.4, -0.2) is 70.1 Å². The maximum atomic E-state index is 12.4. The molecule has 6 heteroatoms. The van der Waals surface area contributed by atoms with Crippen molar-refractivity contribution in [2.75, 3.05) is 19.7 Å². The van der Waals surface area contributed by atoms with E-state index in [9.17, 15) is 20.1 Å². The summed E-state index contributed by atoms with van der Waals surface area (Å²) >= 11 is 0. The number of aliphatic hydroxyl groups excluding tert-OH is 3. The van der Waals surface area contributed by atoms with E-state index in [0.717, 1.165) is 12.8 Å². The highest BCUT2D eigenvalue weighted by atomic mass is 16.3. The first-order valence-electron chi connectivity index (χ1n) is 8.62. The van der Waals surface area contributed by atoms with Gasteiger partial charge in [0.05, 0.1) is 12.7 Å². The molecule has 4 atom stereocenters. The van der Waals surface area contributed by atoms with Gasteiger partial charge in [0.15, 0.2) is 0 Å². The van der Waals surface area contributed by atoms with Crippen molar-refractivity contribution in [1.82, 2.24) is 10.2 Å². The molecule has 0 spiro atoms. The Morgan fingerprint density at radius 2 is 2.00 bits per heavy atom. The zero-order valence-corrected chi connectivity index (χ0v) is 14.1. The van der Waals surface area contributed by atoms with Gasteiger partial charge in [0.25, 0.3) is 0 Å². The van der Waals surface area contributed by atoms with Crippen molar-refractivity contribution in [3.8, 4) is 0 Å². The van der Waals surface area contributed by atoms with Crippen molar-refractivity contribution in [3.05, 3.63) is 35.9 Å². The standard InChI is InChI=1S/C18H28N2O4/c1-2-19-18(24)16-17(23)15(22)11-14(12-21)20(16)10-6-9-13-7-4-3-5-8-13/h3-5,7-8,14-17,21-23H,2,6,9-12H2,1H3,(H,19,24). The van der Waals surface area contributed by atoms with Crippen LogP contribution in [0.4, 0.5) is 0 Å². The van der Waals surface area contributed by atoms with Gasteiger partial charge in [-0.05, 0) is 38.3 Å². The van der Waals surface area contributed by atoms with Gasteiger partial charge in [0, 0.05) is 12.6 Å². The molecule has 1 aromatic rings. The topological polar surface area (TPSA) is 93.0 Å². The van der Waals surface area contributed by atoms with Crippen molar-refractivity contribution in [2.24, 2.45) is 0 Å². The predicted molar refractivity (Wildman–Crippen MR) is 91.4 cm³/mol. The first-order chi connectivity index (χ1) is 11.6. The van der Waals surface area contributed by atoms with E-state index in [1.54, 1.807) is 0 Å². The second-order valence-electron chi connectivity index (χ2n) is 6.30. The van der Waals surface area contributed by atoms with Gasteiger partial charge in [-0.2, -0.15) is 0 Å². The summed E-state index contributed by atoms with van der Waals surface area (Å²) in [6.45, 7) is 2.70. The number of piperidine rings is 1. The number of hydrogen-bond donors (Lipinski definition) is 4. The lowest BCUT2D eigenvalue weighted by atomic mass is 9.89. The van der Waals surface area contributed by atoms with Gasteiger partial charge >= 0.3 is 0 Å². The quantitative estimate of drug-likeness (QED) is 0.559. The van der Waals surface area contributed by atoms with Crippen molar-refractivity contribution in [2.45, 2.75) is 50.5 Å². The van der Waals surface area contributed by atoms with Crippen LogP contribution < -0.4 is 5.32 Å². The largest absolute Gasteiger partial charge is 0.395 e. The number of aliphatic hydroxyl groups is 3. The molecule has 0 saturated carbocycles. The van der Waals surface area contributed by atoms with E-state index in [4.69, 9.17) is 0 Å². The Hall–Kier alpha value is -1.47. The molecule has 0 aromatic heterocycles. The number of carbonyl (C=O) groups excluding carboxylic acids is 1. The Bertz CT molecular complexity index is 511. The molecular weight excluding hydrogens is 308 g/mol. The molecule has 6 nitrogen and oxygen atoms in total. The van der Waals surface area contributed by atoms with Crippen LogP contribution in [0.15, 0.2) is 30.3 Å². The highest BCUT2D eigenvalue weighted by molar-refractivity contribution is 5.82. The SMILES string of the molecule is CCNC(=O)C1C(O)C(O)CC(CO)N1CCCc1ccccc1. The Morgan fingerprint density at radius 1 is 1.29 bits per heavy atom. The summed E-state index contributed by atoms with van der Waals surface area (Å²) in [5.41, 5.74) is 1.21. The minimum Gasteiger partial charge on any atom is -0.395 e. The highest BCUT2D eigenvalue weighted by Gasteiger charge is 2.44. The summed E-state index contributed by atoms with van der Waals surface area (Å²) in [5, 5.41) is 32.7. The number of nitrogens with zero attached hydrogens (tertiary/aromatic N) is 1. The van der Waals surface area contributed by atoms with Crippen LogP contribution in [0.5, 0.6) is 0 Å². The third-order valence-corrected chi connectivity index (χ3v) is 4.61. The molecule has 1 aromatic carbocycles. The highest BCUT2D eigenvalue weighted by Crippen LogP contribution is 2.25. The van der Waals surface area contributed by atoms with Crippen LogP contribution in [0, 0.1) is 0 Å². The first-order valence-corrected chi connectivity index (χ1v) is 8.62. The van der Waals surface area contributed by atoms with E-state index >= 15 is 0 Å². The van der Waals surface area contributed by atoms with Gasteiger partial charge in [0.2, 0.25) is 5.91 Å². The van der Waals surface area contributed by atoms with Crippen molar-refractivity contribution in [3.63, 3.8) is 0 Å². The molecule has 0 radical (unpaired) electrons. The van der Waals surface area contributed by atoms with Gasteiger partial charge in [0.1, 0.15) is 12.1 Å². The van der Waals surface area contributed by atoms with Crippen LogP contribution in [0.1, 0.15) is 25.3 Å². The normalized spacial score (nSPS) is 27.8. The summed E-state index contributed by atoms with van der Waals surface area (Å²) in [6, 6.07) is 8.90. The molecule has 0 bridgehead atoms. The molecule has 1 fully saturated rings. The van der Waals surface area contributed by atoms with E-state index < -0.39 is 18.2 Å². The number of aryl methyl sites for hydroxylation is 1. The van der Waals surface area contributed by atoms with E-state index in [0.29, 0.717) is 13.1 Å². The molecule has 1 heterocycles.